The van der Waals surface area contributed by atoms with Crippen molar-refractivity contribution in [3.05, 3.63) is 437 Å². The van der Waals surface area contributed by atoms with Gasteiger partial charge in [-0.2, -0.15) is 0 Å². The van der Waals surface area contributed by atoms with E-state index < -0.39 is 0 Å². The number of fused-ring (bicyclic) bond motifs is 21. The normalized spacial score (nSPS) is 12.1. The monoisotopic (exact) mass is 1680 g/mol. The van der Waals surface area contributed by atoms with Crippen molar-refractivity contribution < 1.29 is 4.42 Å². The second-order valence-electron chi connectivity index (χ2n) is 33.6. The van der Waals surface area contributed by atoms with Crippen LogP contribution in [0.5, 0.6) is 0 Å². The Morgan fingerprint density at radius 1 is 0.211 bits per heavy atom. The van der Waals surface area contributed by atoms with Gasteiger partial charge in [0.2, 0.25) is 0 Å². The summed E-state index contributed by atoms with van der Waals surface area (Å²) in [5.41, 5.74) is 26.6. The van der Waals surface area contributed by atoms with Crippen LogP contribution >= 0.6 is 34.0 Å². The molecule has 0 aliphatic heterocycles. The minimum Gasteiger partial charge on any atom is -0.455 e. The van der Waals surface area contributed by atoms with E-state index in [0.29, 0.717) is 0 Å². The van der Waals surface area contributed by atoms with Gasteiger partial charge < -0.3 is 23.4 Å². The van der Waals surface area contributed by atoms with E-state index in [1.807, 2.05) is 34.0 Å². The van der Waals surface area contributed by atoms with Crippen molar-refractivity contribution in [3.8, 4) is 67.0 Å². The highest BCUT2D eigenvalue weighted by Crippen LogP contribution is 2.55. The molecule has 0 amide bonds. The van der Waals surface area contributed by atoms with Gasteiger partial charge in [0, 0.05) is 115 Å². The van der Waals surface area contributed by atoms with Crippen LogP contribution in [0.1, 0.15) is 0 Å². The van der Waals surface area contributed by atoms with Gasteiger partial charge in [0.15, 0.2) is 0 Å². The highest BCUT2D eigenvalue weighted by atomic mass is 32.1. The minimum atomic E-state index is 0.844. The van der Waals surface area contributed by atoms with Gasteiger partial charge in [-0.3, -0.25) is 0 Å². The number of anilines is 6. The Morgan fingerprint density at radius 2 is 0.680 bits per heavy atom. The molecule has 6 aromatic heterocycles. The Bertz CT molecular complexity index is 9300. The molecule has 0 aliphatic carbocycles. The van der Waals surface area contributed by atoms with Crippen LogP contribution in [-0.4, -0.2) is 9.13 Å². The number of rotatable bonds is 13. The van der Waals surface area contributed by atoms with Gasteiger partial charge in [0.25, 0.3) is 0 Å². The van der Waals surface area contributed by atoms with Crippen molar-refractivity contribution in [3.63, 3.8) is 0 Å². The molecule has 21 aromatic carbocycles. The minimum absolute atomic E-state index is 0.844. The Balaban J connectivity index is 0.584. The molecule has 596 valence electrons. The molecule has 128 heavy (non-hydrogen) atoms. The lowest BCUT2D eigenvalue weighted by Crippen LogP contribution is -2.11. The van der Waals surface area contributed by atoms with Crippen molar-refractivity contribution in [2.75, 3.05) is 9.80 Å². The van der Waals surface area contributed by atoms with Gasteiger partial charge >= 0.3 is 0 Å². The van der Waals surface area contributed by atoms with Crippen LogP contribution < -0.4 is 9.80 Å². The third kappa shape index (κ3) is 11.3. The first-order chi connectivity index (χ1) is 63.5. The molecule has 27 aromatic rings. The molecule has 0 aliphatic rings. The quantitative estimate of drug-likeness (QED) is 0.115. The van der Waals surface area contributed by atoms with E-state index in [-0.39, 0.29) is 0 Å². The van der Waals surface area contributed by atoms with Crippen LogP contribution in [-0.2, 0) is 0 Å². The maximum atomic E-state index is 7.20. The summed E-state index contributed by atoms with van der Waals surface area (Å²) >= 11 is 5.62. The SMILES string of the molecule is c1ccc(-n2c3ccccc3c3c(N(c4ccc(-c5cccc6ccccc56)cc4)c4ccc(-c5ccc6c(c5)sc5ccc(-c7ccc(-n8c9ccccc9c9c(N(c%10ccc(-c%11ccc%12ccccc%12c%11)cc%10)c%10ccc(-c%11ccc%12c(c%11)sc%11ccccc%11%12)c%11oc%12ccccc%12c%10%11)cccc98)c8ccccc78)cc56)c5sc6ccccc6c45)cccc32)cc1. The third-order valence-corrected chi connectivity index (χ3v) is 30.2. The molecule has 27 rings (SSSR count). The standard InChI is InChI=1S/C120H72N4OS3/c1-2-27-82(28-3-1)121-100-38-15-10-33-95(100)115-103(121)40-21-41-104(115)123(84-58-51-76(52-59-84)86-37-20-26-75-24-6-7-29-85(75)86)108-67-64-89(120-118(108)98-36-14-19-46-111(98)128-120)81-54-61-94-99-70-79(55-68-112(99)127-114(94)72-81)87-62-65-102(91-31-9-8-30-90(87)91)124-101-39-16-11-34-96(101)116-105(42-22-43-106(116)124)122(83-56-49-74(50-57-83)78-48-47-73-23-4-5-25-77(73)69-78)107-66-63-88(119-117(107)97-35-12-17-44-109(97)125-119)80-53-60-93-92-32-13-18-45-110(92)126-113(93)71-80/h1-72H. The first-order valence-corrected chi connectivity index (χ1v) is 46.1. The zero-order chi connectivity index (χ0) is 83.8. The molecule has 0 unspecified atom stereocenters. The van der Waals surface area contributed by atoms with E-state index in [2.05, 4.69) is 456 Å². The third-order valence-electron chi connectivity index (χ3n) is 26.7. The van der Waals surface area contributed by atoms with Crippen LogP contribution in [0.25, 0.3) is 225 Å². The largest absolute Gasteiger partial charge is 0.455 e. The maximum absolute atomic E-state index is 7.20. The number of aromatic nitrogens is 2. The van der Waals surface area contributed by atoms with Crippen molar-refractivity contribution >= 4 is 227 Å². The van der Waals surface area contributed by atoms with Crippen LogP contribution in [0.3, 0.4) is 0 Å². The summed E-state index contributed by atoms with van der Waals surface area (Å²) < 4.78 is 19.7. The van der Waals surface area contributed by atoms with E-state index in [4.69, 9.17) is 4.42 Å². The van der Waals surface area contributed by atoms with Gasteiger partial charge in [0.05, 0.1) is 55.9 Å². The summed E-state index contributed by atoms with van der Waals surface area (Å²) in [6.07, 6.45) is 0. The Kier molecular flexibility index (Phi) is 16.3. The lowest BCUT2D eigenvalue weighted by molar-refractivity contribution is 0.670. The molecule has 0 saturated heterocycles. The molecule has 0 fully saturated rings. The fourth-order valence-electron chi connectivity index (χ4n) is 20.9. The average molecular weight is 1680 g/mol. The zero-order valence-corrected chi connectivity index (χ0v) is 71.4. The number of hydrogen-bond acceptors (Lipinski definition) is 6. The van der Waals surface area contributed by atoms with Crippen molar-refractivity contribution in [1.29, 1.82) is 0 Å². The molecular formula is C120H72N4OS3. The molecule has 0 atom stereocenters. The summed E-state index contributed by atoms with van der Waals surface area (Å²) in [6, 6.07) is 162. The fourth-order valence-corrected chi connectivity index (χ4v) is 24.5. The highest BCUT2D eigenvalue weighted by Gasteiger charge is 2.30. The summed E-state index contributed by atoms with van der Waals surface area (Å²) in [4.78, 5) is 5.04. The first-order valence-electron chi connectivity index (χ1n) is 43.7. The number of benzene rings is 21. The second kappa shape index (κ2) is 28.8. The van der Waals surface area contributed by atoms with E-state index in [1.54, 1.807) is 0 Å². The van der Waals surface area contributed by atoms with Crippen molar-refractivity contribution in [1.82, 2.24) is 9.13 Å². The van der Waals surface area contributed by atoms with E-state index in [1.165, 1.54) is 148 Å². The number of thiophene rings is 3. The predicted octanol–water partition coefficient (Wildman–Crippen LogP) is 35.6. The lowest BCUT2D eigenvalue weighted by Gasteiger charge is -2.28. The predicted molar refractivity (Wildman–Crippen MR) is 550 cm³/mol. The number of para-hydroxylation sites is 4. The second-order valence-corrected chi connectivity index (χ2v) is 36.8. The van der Waals surface area contributed by atoms with Crippen LogP contribution in [0.15, 0.2) is 441 Å². The Morgan fingerprint density at radius 3 is 1.41 bits per heavy atom. The van der Waals surface area contributed by atoms with E-state index >= 15 is 0 Å². The molecule has 5 nitrogen and oxygen atoms in total. The smallest absolute Gasteiger partial charge is 0.145 e. The first kappa shape index (κ1) is 72.5. The molecule has 8 heteroatoms. The van der Waals surface area contributed by atoms with Crippen LogP contribution in [0, 0.1) is 0 Å². The van der Waals surface area contributed by atoms with E-state index in [0.717, 1.165) is 111 Å². The fraction of sp³-hybridized carbons (Fsp3) is 0. The Hall–Kier alpha value is -15.9. The van der Waals surface area contributed by atoms with Gasteiger partial charge in [0.1, 0.15) is 11.2 Å². The van der Waals surface area contributed by atoms with Gasteiger partial charge in [-0.1, -0.05) is 291 Å². The summed E-state index contributed by atoms with van der Waals surface area (Å²) in [6.45, 7) is 0. The lowest BCUT2D eigenvalue weighted by atomic mass is 9.95. The molecule has 0 saturated carbocycles. The molecule has 0 spiro atoms. The molecule has 6 heterocycles. The number of nitrogens with zero attached hydrogens (tertiary/aromatic N) is 4. The average Bonchev–Trinajstić information content (AvgIpc) is 1.56. The number of hydrogen-bond donors (Lipinski definition) is 0. The summed E-state index contributed by atoms with van der Waals surface area (Å²) in [5, 5.41) is 21.6. The van der Waals surface area contributed by atoms with Gasteiger partial charge in [-0.15, -0.1) is 34.0 Å². The maximum Gasteiger partial charge on any atom is 0.145 e. The summed E-state index contributed by atoms with van der Waals surface area (Å²) in [7, 11) is 0. The topological polar surface area (TPSA) is 29.5 Å². The molecule has 0 N–H and O–H groups in total. The molecule has 0 radical (unpaired) electrons. The van der Waals surface area contributed by atoms with E-state index in [9.17, 15) is 0 Å². The van der Waals surface area contributed by atoms with Crippen LogP contribution in [0.2, 0.25) is 0 Å². The molecular weight excluding hydrogens is 1610 g/mol. The number of furan rings is 1. The van der Waals surface area contributed by atoms with Gasteiger partial charge in [-0.25, -0.2) is 0 Å². The Labute approximate surface area is 747 Å². The molecule has 0 bridgehead atoms. The highest BCUT2D eigenvalue weighted by molar-refractivity contribution is 7.27. The van der Waals surface area contributed by atoms with Crippen molar-refractivity contribution in [2.24, 2.45) is 0 Å². The van der Waals surface area contributed by atoms with Crippen molar-refractivity contribution in [2.45, 2.75) is 0 Å². The van der Waals surface area contributed by atoms with Crippen LogP contribution in [0.4, 0.5) is 34.1 Å². The zero-order valence-electron chi connectivity index (χ0n) is 69.0. The van der Waals surface area contributed by atoms with Gasteiger partial charge in [-0.05, 0) is 223 Å². The summed E-state index contributed by atoms with van der Waals surface area (Å²) in [5.74, 6) is 0.